The smallest absolute Gasteiger partial charge is 0.134 e. The number of phenols is 1. The Balaban J connectivity index is 1.52. The number of phenolic OH excluding ortho intramolecular Hbond substituents is 1. The van der Waals surface area contributed by atoms with Crippen LogP contribution in [0, 0.1) is 29.4 Å². The lowest BCUT2D eigenvalue weighted by Gasteiger charge is -2.57. The van der Waals surface area contributed by atoms with E-state index >= 15 is 0 Å². The van der Waals surface area contributed by atoms with Gasteiger partial charge in [-0.2, -0.15) is 0 Å². The van der Waals surface area contributed by atoms with Crippen LogP contribution in [0.5, 0.6) is 5.75 Å². The minimum Gasteiger partial charge on any atom is -0.508 e. The van der Waals surface area contributed by atoms with Crippen molar-refractivity contribution in [2.24, 2.45) is 17.8 Å². The highest BCUT2D eigenvalue weighted by Gasteiger charge is 2.50. The lowest BCUT2D eigenvalue weighted by atomic mass is 9.53. The number of hydrogen-bond donors (Lipinski definition) is 2. The molecule has 0 heterocycles. The number of rotatable bonds is 3. The molecule has 21 heavy (non-hydrogen) atoms. The van der Waals surface area contributed by atoms with Crippen molar-refractivity contribution in [3.63, 3.8) is 0 Å². The molecule has 4 heteroatoms. The molecule has 1 aromatic rings. The van der Waals surface area contributed by atoms with Gasteiger partial charge in [0.2, 0.25) is 0 Å². The maximum atomic E-state index is 13.8. The summed E-state index contributed by atoms with van der Waals surface area (Å²) in [7, 11) is 0. The lowest BCUT2D eigenvalue weighted by molar-refractivity contribution is -0.0208. The van der Waals surface area contributed by atoms with Crippen molar-refractivity contribution in [1.29, 1.82) is 0 Å². The van der Waals surface area contributed by atoms with Gasteiger partial charge in [0.15, 0.2) is 0 Å². The molecule has 0 unspecified atom stereocenters. The van der Waals surface area contributed by atoms with Crippen LogP contribution in [0.2, 0.25) is 0 Å². The molecule has 0 spiro atoms. The first kappa shape index (κ1) is 13.5. The van der Waals surface area contributed by atoms with Crippen LogP contribution in [0.3, 0.4) is 0 Å². The number of halogens is 2. The van der Waals surface area contributed by atoms with E-state index in [9.17, 15) is 13.9 Å². The van der Waals surface area contributed by atoms with Gasteiger partial charge in [0, 0.05) is 29.8 Å². The first-order valence-electron chi connectivity index (χ1n) is 7.95. The molecule has 0 atom stereocenters. The highest BCUT2D eigenvalue weighted by molar-refractivity contribution is 5.29. The zero-order valence-corrected chi connectivity index (χ0v) is 12.0. The quantitative estimate of drug-likeness (QED) is 0.890. The molecule has 0 aliphatic heterocycles. The molecule has 0 saturated heterocycles. The molecular weight excluding hydrogens is 272 g/mol. The Morgan fingerprint density at radius 3 is 1.95 bits per heavy atom. The van der Waals surface area contributed by atoms with Crippen LogP contribution in [-0.4, -0.2) is 10.6 Å². The molecule has 0 amide bonds. The number of hydrogen-bond acceptors (Lipinski definition) is 2. The van der Waals surface area contributed by atoms with Crippen molar-refractivity contribution < 1.29 is 13.9 Å². The zero-order chi connectivity index (χ0) is 14.6. The monoisotopic (exact) mass is 293 g/mol. The Morgan fingerprint density at radius 2 is 1.48 bits per heavy atom. The minimum atomic E-state index is -0.662. The molecule has 0 aromatic heterocycles. The number of benzene rings is 1. The largest absolute Gasteiger partial charge is 0.508 e. The van der Waals surface area contributed by atoms with Crippen LogP contribution in [-0.2, 0) is 6.54 Å². The van der Waals surface area contributed by atoms with E-state index in [0.29, 0.717) is 0 Å². The van der Waals surface area contributed by atoms with E-state index in [1.54, 1.807) is 0 Å². The van der Waals surface area contributed by atoms with Gasteiger partial charge < -0.3 is 10.4 Å². The molecule has 2 N–H and O–H groups in total. The Kier molecular flexibility index (Phi) is 3.00. The van der Waals surface area contributed by atoms with E-state index in [2.05, 4.69) is 5.32 Å². The van der Waals surface area contributed by atoms with Gasteiger partial charge in [-0.15, -0.1) is 0 Å². The summed E-state index contributed by atoms with van der Waals surface area (Å²) in [6.45, 7) is 0.212. The first-order valence-corrected chi connectivity index (χ1v) is 7.95. The van der Waals surface area contributed by atoms with E-state index in [1.807, 2.05) is 0 Å². The van der Waals surface area contributed by atoms with Gasteiger partial charge >= 0.3 is 0 Å². The molecule has 5 rings (SSSR count). The average Bonchev–Trinajstić information content (AvgIpc) is 2.35. The summed E-state index contributed by atoms with van der Waals surface area (Å²) in [5, 5.41) is 12.7. The van der Waals surface area contributed by atoms with E-state index in [-0.39, 0.29) is 23.4 Å². The fourth-order valence-electron chi connectivity index (χ4n) is 5.36. The van der Waals surface area contributed by atoms with Crippen molar-refractivity contribution in [2.75, 3.05) is 0 Å². The summed E-state index contributed by atoms with van der Waals surface area (Å²) >= 11 is 0. The molecule has 4 saturated carbocycles. The molecule has 0 radical (unpaired) electrons. The van der Waals surface area contributed by atoms with Gasteiger partial charge in [-0.25, -0.2) is 8.78 Å². The van der Waals surface area contributed by atoms with Crippen molar-refractivity contribution in [2.45, 2.75) is 50.6 Å². The van der Waals surface area contributed by atoms with Crippen LogP contribution >= 0.6 is 0 Å². The average molecular weight is 293 g/mol. The SMILES string of the molecule is Oc1cc(F)c(CNC23CC4CC(CC(C4)C2)C3)c(F)c1. The fraction of sp³-hybridized carbons (Fsp3) is 0.647. The topological polar surface area (TPSA) is 32.3 Å². The third kappa shape index (κ3) is 2.33. The summed E-state index contributed by atoms with van der Waals surface area (Å²) in [5.74, 6) is 0.729. The third-order valence-corrected chi connectivity index (χ3v) is 5.80. The number of nitrogens with one attached hydrogen (secondary N) is 1. The van der Waals surface area contributed by atoms with Gasteiger partial charge in [0.1, 0.15) is 17.4 Å². The second kappa shape index (κ2) is 4.67. The Labute approximate surface area is 123 Å². The predicted molar refractivity (Wildman–Crippen MR) is 75.8 cm³/mol. The maximum absolute atomic E-state index is 13.8. The second-order valence-electron chi connectivity index (χ2n) is 7.44. The summed E-state index contributed by atoms with van der Waals surface area (Å²) in [4.78, 5) is 0. The fourth-order valence-corrected chi connectivity index (χ4v) is 5.36. The Hall–Kier alpha value is -1.16. The summed E-state index contributed by atoms with van der Waals surface area (Å²) in [6.07, 6.45) is 7.51. The molecular formula is C17H21F2NO. The van der Waals surface area contributed by atoms with E-state index < -0.39 is 11.6 Å². The third-order valence-electron chi connectivity index (χ3n) is 5.80. The molecule has 114 valence electrons. The molecule has 4 fully saturated rings. The summed E-state index contributed by atoms with van der Waals surface area (Å²) < 4.78 is 27.7. The van der Waals surface area contributed by atoms with Crippen molar-refractivity contribution in [1.82, 2.24) is 5.32 Å². The highest BCUT2D eigenvalue weighted by Crippen LogP contribution is 2.55. The summed E-state index contributed by atoms with van der Waals surface area (Å²) in [5.41, 5.74) is 0.134. The van der Waals surface area contributed by atoms with Gasteiger partial charge in [0.25, 0.3) is 0 Å². The van der Waals surface area contributed by atoms with Crippen LogP contribution in [0.15, 0.2) is 12.1 Å². The maximum Gasteiger partial charge on any atom is 0.134 e. The Bertz CT molecular complexity index is 514. The predicted octanol–water partition coefficient (Wildman–Crippen LogP) is 3.73. The van der Waals surface area contributed by atoms with E-state index in [0.717, 1.165) is 49.1 Å². The van der Waals surface area contributed by atoms with Crippen molar-refractivity contribution in [3.8, 4) is 5.75 Å². The van der Waals surface area contributed by atoms with Crippen LogP contribution < -0.4 is 5.32 Å². The van der Waals surface area contributed by atoms with Gasteiger partial charge in [-0.05, 0) is 56.3 Å². The normalized spacial score (nSPS) is 37.1. The molecule has 2 nitrogen and oxygen atoms in total. The van der Waals surface area contributed by atoms with Gasteiger partial charge in [-0.1, -0.05) is 0 Å². The van der Waals surface area contributed by atoms with Crippen molar-refractivity contribution in [3.05, 3.63) is 29.3 Å². The molecule has 4 bridgehead atoms. The van der Waals surface area contributed by atoms with Crippen LogP contribution in [0.4, 0.5) is 8.78 Å². The first-order chi connectivity index (χ1) is 10.0. The Morgan fingerprint density at radius 1 is 1.00 bits per heavy atom. The highest BCUT2D eigenvalue weighted by atomic mass is 19.1. The zero-order valence-electron chi connectivity index (χ0n) is 12.0. The molecule has 4 aliphatic carbocycles. The van der Waals surface area contributed by atoms with Gasteiger partial charge in [0.05, 0.1) is 0 Å². The number of aromatic hydroxyl groups is 1. The van der Waals surface area contributed by atoms with Crippen LogP contribution in [0.25, 0.3) is 0 Å². The van der Waals surface area contributed by atoms with Gasteiger partial charge in [-0.3, -0.25) is 0 Å². The second-order valence-corrected chi connectivity index (χ2v) is 7.44. The summed E-state index contributed by atoms with van der Waals surface area (Å²) in [6, 6.07) is 1.97. The van der Waals surface area contributed by atoms with E-state index in [4.69, 9.17) is 0 Å². The van der Waals surface area contributed by atoms with Crippen LogP contribution in [0.1, 0.15) is 44.1 Å². The molecule has 4 aliphatic rings. The standard InChI is InChI=1S/C17H21F2NO/c18-15-4-13(21)5-16(19)14(15)9-20-17-6-10-1-11(7-17)3-12(2-10)8-17/h4-5,10-12,20-21H,1-3,6-9H2. The van der Waals surface area contributed by atoms with Crippen molar-refractivity contribution >= 4 is 0 Å². The lowest BCUT2D eigenvalue weighted by Crippen LogP contribution is -2.58. The van der Waals surface area contributed by atoms with E-state index in [1.165, 1.54) is 19.3 Å². The minimum absolute atomic E-state index is 0.0449. The molecule has 1 aromatic carbocycles.